The van der Waals surface area contributed by atoms with E-state index in [0.29, 0.717) is 24.3 Å². The molecule has 1 fully saturated rings. The van der Waals surface area contributed by atoms with Gasteiger partial charge in [0.05, 0.1) is 19.1 Å². The molecule has 3 rings (SSSR count). The second-order valence-corrected chi connectivity index (χ2v) is 12.4. The van der Waals surface area contributed by atoms with Crippen LogP contribution in [0.15, 0.2) is 35.7 Å². The number of nitrogens with one attached hydrogen (secondary N) is 1. The summed E-state index contributed by atoms with van der Waals surface area (Å²) in [6, 6.07) is 8.57. The van der Waals surface area contributed by atoms with Gasteiger partial charge in [0.25, 0.3) is 5.91 Å². The van der Waals surface area contributed by atoms with Crippen molar-refractivity contribution in [1.29, 1.82) is 0 Å². The van der Waals surface area contributed by atoms with Gasteiger partial charge < -0.3 is 25.4 Å². The monoisotopic (exact) mass is 600 g/mol. The van der Waals surface area contributed by atoms with Gasteiger partial charge in [0.2, 0.25) is 5.91 Å². The maximum Gasteiger partial charge on any atom is 0.308 e. The number of benzene rings is 1. The lowest BCUT2D eigenvalue weighted by molar-refractivity contribution is -0.148. The fourth-order valence-electron chi connectivity index (χ4n) is 5.17. The van der Waals surface area contributed by atoms with E-state index in [1.807, 2.05) is 44.2 Å². The van der Waals surface area contributed by atoms with Crippen molar-refractivity contribution < 1.29 is 28.7 Å². The van der Waals surface area contributed by atoms with Gasteiger partial charge in [-0.05, 0) is 43.1 Å². The number of aromatic nitrogens is 1. The predicted octanol–water partition coefficient (Wildman–Crippen LogP) is 3.90. The number of carbonyl (C=O) groups is 4. The molecule has 1 aliphatic rings. The van der Waals surface area contributed by atoms with Crippen molar-refractivity contribution in [2.45, 2.75) is 84.0 Å². The minimum atomic E-state index is -0.742. The van der Waals surface area contributed by atoms with E-state index in [4.69, 9.17) is 15.2 Å². The second-order valence-electron chi connectivity index (χ2n) is 11.5. The van der Waals surface area contributed by atoms with Crippen LogP contribution in [0.1, 0.15) is 80.5 Å². The van der Waals surface area contributed by atoms with Crippen molar-refractivity contribution in [3.63, 3.8) is 0 Å². The van der Waals surface area contributed by atoms with Gasteiger partial charge in [-0.25, -0.2) is 4.98 Å². The standard InChI is InChI=1S/C31H44N4O6S/c1-18(2)25(35(5)30(38)27(32)22-12-13-22)16-26(41-20(4)36)29-34-24(17-42-29)28(37)33-23(14-19(3)31(39)40-6)15-21-10-8-7-9-11-21/h7-11,17-19,22-23,25-27H,12-16,32H2,1-6H3,(H,33,37)/t19-,23+,25+,26+,27-/m0/s1. The van der Waals surface area contributed by atoms with Gasteiger partial charge in [-0.1, -0.05) is 51.1 Å². The first-order valence-corrected chi connectivity index (χ1v) is 15.4. The van der Waals surface area contributed by atoms with Crippen LogP contribution < -0.4 is 11.1 Å². The third kappa shape index (κ3) is 9.35. The molecule has 1 aliphatic carbocycles. The minimum Gasteiger partial charge on any atom is -0.469 e. The maximum atomic E-state index is 13.3. The molecule has 10 nitrogen and oxygen atoms in total. The maximum absolute atomic E-state index is 13.3. The zero-order valence-electron chi connectivity index (χ0n) is 25.4. The summed E-state index contributed by atoms with van der Waals surface area (Å²) in [7, 11) is 3.09. The molecule has 2 aromatic rings. The van der Waals surface area contributed by atoms with Crippen molar-refractivity contribution >= 4 is 35.1 Å². The summed E-state index contributed by atoms with van der Waals surface area (Å²) in [5.74, 6) is -1.47. The molecule has 2 amide bonds. The van der Waals surface area contributed by atoms with Crippen LogP contribution in [-0.2, 0) is 30.3 Å². The quantitative estimate of drug-likeness (QED) is 0.293. The number of likely N-dealkylation sites (N-methyl/N-ethyl adjacent to an activating group) is 1. The van der Waals surface area contributed by atoms with E-state index >= 15 is 0 Å². The molecule has 5 atom stereocenters. The molecule has 11 heteroatoms. The van der Waals surface area contributed by atoms with Gasteiger partial charge in [-0.3, -0.25) is 19.2 Å². The van der Waals surface area contributed by atoms with Gasteiger partial charge >= 0.3 is 11.9 Å². The van der Waals surface area contributed by atoms with Crippen LogP contribution in [0.4, 0.5) is 0 Å². The molecule has 42 heavy (non-hydrogen) atoms. The zero-order chi connectivity index (χ0) is 31.0. The lowest BCUT2D eigenvalue weighted by Gasteiger charge is -2.34. The molecule has 1 heterocycles. The molecule has 0 radical (unpaired) electrons. The number of hydrogen-bond donors (Lipinski definition) is 2. The first kappa shape index (κ1) is 33.2. The van der Waals surface area contributed by atoms with Crippen molar-refractivity contribution in [3.8, 4) is 0 Å². The Kier molecular flexibility index (Phi) is 12.0. The summed E-state index contributed by atoms with van der Waals surface area (Å²) in [4.78, 5) is 56.8. The number of hydrogen-bond acceptors (Lipinski definition) is 9. The molecule has 0 bridgehead atoms. The number of amides is 2. The van der Waals surface area contributed by atoms with Crippen LogP contribution in [0.5, 0.6) is 0 Å². The fourth-order valence-corrected chi connectivity index (χ4v) is 6.01. The van der Waals surface area contributed by atoms with Crippen molar-refractivity contribution in [1.82, 2.24) is 15.2 Å². The average molecular weight is 601 g/mol. The number of nitrogens with zero attached hydrogens (tertiary/aromatic N) is 2. The zero-order valence-corrected chi connectivity index (χ0v) is 26.2. The summed E-state index contributed by atoms with van der Waals surface area (Å²) < 4.78 is 10.6. The summed E-state index contributed by atoms with van der Waals surface area (Å²) in [5.41, 5.74) is 7.42. The third-order valence-corrected chi connectivity index (χ3v) is 8.66. The Morgan fingerprint density at radius 1 is 1.12 bits per heavy atom. The Labute approximate surface area is 252 Å². The number of ether oxygens (including phenoxy) is 2. The Morgan fingerprint density at radius 2 is 1.79 bits per heavy atom. The highest BCUT2D eigenvalue weighted by Crippen LogP contribution is 2.34. The highest BCUT2D eigenvalue weighted by molar-refractivity contribution is 7.09. The molecular formula is C31H44N4O6S. The van der Waals surface area contributed by atoms with E-state index in [1.54, 1.807) is 24.3 Å². The Balaban J connectivity index is 1.77. The van der Waals surface area contributed by atoms with E-state index in [2.05, 4.69) is 10.3 Å². The second kappa shape index (κ2) is 15.2. The number of nitrogens with two attached hydrogens (primary N) is 1. The van der Waals surface area contributed by atoms with Gasteiger partial charge in [0.15, 0.2) is 6.10 Å². The van der Waals surface area contributed by atoms with Crippen LogP contribution >= 0.6 is 11.3 Å². The SMILES string of the molecule is COC(=O)[C@@H](C)C[C@H](Cc1ccccc1)NC(=O)c1csc([C@@H](C[C@H](C(C)C)N(C)C(=O)[C@@H](N)C2CC2)OC(C)=O)n1. The molecule has 1 aromatic carbocycles. The predicted molar refractivity (Wildman–Crippen MR) is 161 cm³/mol. The van der Waals surface area contributed by atoms with Crippen LogP contribution in [-0.4, -0.2) is 65.9 Å². The summed E-state index contributed by atoms with van der Waals surface area (Å²) in [6.45, 7) is 7.11. The van der Waals surface area contributed by atoms with Crippen LogP contribution in [0.25, 0.3) is 0 Å². The van der Waals surface area contributed by atoms with Crippen molar-refractivity contribution in [2.75, 3.05) is 14.2 Å². The Morgan fingerprint density at radius 3 is 2.36 bits per heavy atom. The van der Waals surface area contributed by atoms with E-state index in [9.17, 15) is 19.2 Å². The lowest BCUT2D eigenvalue weighted by atomic mass is 9.95. The number of esters is 2. The number of thiazole rings is 1. The largest absolute Gasteiger partial charge is 0.469 e. The Bertz CT molecular complexity index is 1220. The lowest BCUT2D eigenvalue weighted by Crippen LogP contribution is -2.49. The average Bonchev–Trinajstić information content (AvgIpc) is 3.69. The highest BCUT2D eigenvalue weighted by atomic mass is 32.1. The molecule has 0 aliphatic heterocycles. The molecule has 0 spiro atoms. The smallest absolute Gasteiger partial charge is 0.308 e. The molecule has 1 saturated carbocycles. The minimum absolute atomic E-state index is 0.0571. The summed E-state index contributed by atoms with van der Waals surface area (Å²) >= 11 is 1.23. The van der Waals surface area contributed by atoms with Crippen molar-refractivity contribution in [3.05, 3.63) is 52.0 Å². The van der Waals surface area contributed by atoms with Crippen LogP contribution in [0, 0.1) is 17.8 Å². The fraction of sp³-hybridized carbons (Fsp3) is 0.581. The van der Waals surface area contributed by atoms with Gasteiger partial charge in [0, 0.05) is 37.9 Å². The highest BCUT2D eigenvalue weighted by Gasteiger charge is 2.38. The van der Waals surface area contributed by atoms with E-state index in [1.165, 1.54) is 25.4 Å². The molecule has 0 saturated heterocycles. The first-order valence-electron chi connectivity index (χ1n) is 14.5. The van der Waals surface area contributed by atoms with E-state index in [-0.39, 0.29) is 47.4 Å². The van der Waals surface area contributed by atoms with E-state index < -0.39 is 24.0 Å². The summed E-state index contributed by atoms with van der Waals surface area (Å²) in [6.07, 6.45) is 2.41. The first-order chi connectivity index (χ1) is 19.9. The Hall–Kier alpha value is -3.31. The molecule has 0 unspecified atom stereocenters. The molecular weight excluding hydrogens is 556 g/mol. The number of rotatable bonds is 15. The van der Waals surface area contributed by atoms with Gasteiger partial charge in [0.1, 0.15) is 10.7 Å². The number of methoxy groups -OCH3 is 1. The topological polar surface area (TPSA) is 141 Å². The molecule has 1 aromatic heterocycles. The van der Waals surface area contributed by atoms with E-state index in [0.717, 1.165) is 18.4 Å². The van der Waals surface area contributed by atoms with Crippen LogP contribution in [0.3, 0.4) is 0 Å². The van der Waals surface area contributed by atoms with Crippen LogP contribution in [0.2, 0.25) is 0 Å². The summed E-state index contributed by atoms with van der Waals surface area (Å²) in [5, 5.41) is 5.13. The molecule has 3 N–H and O–H groups in total. The van der Waals surface area contributed by atoms with Crippen molar-refractivity contribution in [2.24, 2.45) is 23.5 Å². The normalized spacial score (nSPS) is 16.6. The van der Waals surface area contributed by atoms with Gasteiger partial charge in [-0.2, -0.15) is 0 Å². The number of carbonyl (C=O) groups excluding carboxylic acids is 4. The third-order valence-electron chi connectivity index (χ3n) is 7.73. The van der Waals surface area contributed by atoms with Gasteiger partial charge in [-0.15, -0.1) is 11.3 Å². The molecule has 230 valence electrons.